The monoisotopic (exact) mass is 539 g/mol. The van der Waals surface area contributed by atoms with E-state index in [0.29, 0.717) is 16.8 Å². The molecule has 4 aliphatic carbocycles. The van der Waals surface area contributed by atoms with Crippen molar-refractivity contribution in [3.05, 3.63) is 53.1 Å². The Kier molecular flexibility index (Phi) is 6.18. The molecule has 5 rings (SSSR count). The molecule has 4 N–H and O–H groups in total. The van der Waals surface area contributed by atoms with E-state index in [1.807, 2.05) is 13.8 Å². The number of ketones is 1. The summed E-state index contributed by atoms with van der Waals surface area (Å²) in [6, 6.07) is 6.85. The van der Waals surface area contributed by atoms with Gasteiger partial charge in [0.1, 0.15) is 11.7 Å². The smallest absolute Gasteiger partial charge is 0.340 e. The Balaban J connectivity index is 1.70. The lowest BCUT2D eigenvalue weighted by Crippen LogP contribution is -2.66. The number of Topliss-reactive ketones (excluding diaryl/α,β-unsaturated/α-hetero) is 1. The molecule has 210 valence electrons. The maximum atomic E-state index is 13.6. The molecule has 0 amide bonds. The third-order valence-corrected chi connectivity index (χ3v) is 9.92. The fourth-order valence-electron chi connectivity index (χ4n) is 8.12. The number of rotatable bonds is 5. The van der Waals surface area contributed by atoms with Crippen molar-refractivity contribution in [2.24, 2.45) is 29.1 Å². The highest BCUT2D eigenvalue weighted by molar-refractivity contribution is 6.05. The van der Waals surface area contributed by atoms with Gasteiger partial charge in [0, 0.05) is 55.2 Å². The van der Waals surface area contributed by atoms with Crippen LogP contribution in [0.1, 0.15) is 51.4 Å². The fraction of sp³-hybridized carbons (Fsp3) is 0.567. The molecule has 0 heterocycles. The van der Waals surface area contributed by atoms with E-state index in [1.165, 1.54) is 6.92 Å². The maximum absolute atomic E-state index is 13.6. The quantitative estimate of drug-likeness (QED) is 0.328. The summed E-state index contributed by atoms with van der Waals surface area (Å²) in [6.07, 6.45) is 2.09. The molecule has 0 saturated heterocycles. The second-order valence-electron chi connectivity index (χ2n) is 12.1. The van der Waals surface area contributed by atoms with Crippen LogP contribution in [0.25, 0.3) is 0 Å². The van der Waals surface area contributed by atoms with E-state index in [9.17, 15) is 29.7 Å². The first kappa shape index (κ1) is 27.6. The number of anilines is 1. The van der Waals surface area contributed by atoms with E-state index in [1.54, 1.807) is 57.3 Å². The molecule has 9 nitrogen and oxygen atoms in total. The zero-order valence-electron chi connectivity index (χ0n) is 23.1. The van der Waals surface area contributed by atoms with Gasteiger partial charge >= 0.3 is 11.9 Å². The Bertz CT molecular complexity index is 1320. The van der Waals surface area contributed by atoms with Crippen LogP contribution >= 0.6 is 0 Å². The van der Waals surface area contributed by atoms with E-state index in [0.717, 1.165) is 0 Å². The van der Waals surface area contributed by atoms with Crippen molar-refractivity contribution < 1.29 is 39.2 Å². The molecule has 39 heavy (non-hydrogen) atoms. The van der Waals surface area contributed by atoms with E-state index in [2.05, 4.69) is 5.32 Å². The molecule has 0 unspecified atom stereocenters. The number of aliphatic hydroxyl groups is 3. The Morgan fingerprint density at radius 3 is 2.44 bits per heavy atom. The first-order chi connectivity index (χ1) is 18.2. The highest BCUT2D eigenvalue weighted by Crippen LogP contribution is 2.77. The summed E-state index contributed by atoms with van der Waals surface area (Å²) < 4.78 is 12.2. The van der Waals surface area contributed by atoms with Gasteiger partial charge in [0.15, 0.2) is 11.4 Å². The molecule has 0 aromatic heterocycles. The van der Waals surface area contributed by atoms with Gasteiger partial charge in [-0.1, -0.05) is 45.1 Å². The van der Waals surface area contributed by atoms with Crippen LogP contribution in [0, 0.1) is 29.1 Å². The molecule has 0 bridgehead atoms. The predicted molar refractivity (Wildman–Crippen MR) is 142 cm³/mol. The number of aliphatic hydroxyl groups excluding tert-OH is 1. The minimum atomic E-state index is -1.97. The molecule has 4 aliphatic rings. The number of hydrogen-bond acceptors (Lipinski definition) is 9. The minimum absolute atomic E-state index is 0.139. The third kappa shape index (κ3) is 3.45. The molecule has 2 fully saturated rings. The van der Waals surface area contributed by atoms with Crippen molar-refractivity contribution in [1.29, 1.82) is 0 Å². The number of para-hydroxylation sites is 1. The largest absolute Gasteiger partial charge is 0.454 e. The predicted octanol–water partition coefficient (Wildman–Crippen LogP) is 2.41. The molecule has 2 saturated carbocycles. The van der Waals surface area contributed by atoms with E-state index >= 15 is 0 Å². The summed E-state index contributed by atoms with van der Waals surface area (Å²) in [5, 5.41) is 37.7. The first-order valence-corrected chi connectivity index (χ1v) is 13.4. The minimum Gasteiger partial charge on any atom is -0.454 e. The van der Waals surface area contributed by atoms with Crippen LogP contribution in [0.3, 0.4) is 0 Å². The molecule has 8 atom stereocenters. The van der Waals surface area contributed by atoms with Crippen LogP contribution in [0.4, 0.5) is 5.69 Å². The van der Waals surface area contributed by atoms with Gasteiger partial charge in [-0.05, 0) is 30.2 Å². The Morgan fingerprint density at radius 1 is 1.15 bits per heavy atom. The zero-order valence-corrected chi connectivity index (χ0v) is 23.1. The molecule has 0 radical (unpaired) electrons. The second-order valence-corrected chi connectivity index (χ2v) is 12.1. The van der Waals surface area contributed by atoms with Gasteiger partial charge in [-0.15, -0.1) is 0 Å². The number of benzene rings is 1. The van der Waals surface area contributed by atoms with Gasteiger partial charge in [0.25, 0.3) is 0 Å². The summed E-state index contributed by atoms with van der Waals surface area (Å²) >= 11 is 0. The van der Waals surface area contributed by atoms with Crippen LogP contribution < -0.4 is 5.32 Å². The van der Waals surface area contributed by atoms with Gasteiger partial charge < -0.3 is 30.1 Å². The summed E-state index contributed by atoms with van der Waals surface area (Å²) in [7, 11) is 1.69. The molecule has 0 aliphatic heterocycles. The van der Waals surface area contributed by atoms with E-state index in [4.69, 9.17) is 9.47 Å². The topological polar surface area (TPSA) is 142 Å². The number of esters is 2. The molecule has 1 aromatic carbocycles. The highest BCUT2D eigenvalue weighted by Gasteiger charge is 2.87. The van der Waals surface area contributed by atoms with E-state index in [-0.39, 0.29) is 12.0 Å². The normalized spacial score (nSPS) is 39.7. The van der Waals surface area contributed by atoms with Gasteiger partial charge in [-0.3, -0.25) is 9.59 Å². The van der Waals surface area contributed by atoms with Crippen molar-refractivity contribution in [3.8, 4) is 0 Å². The van der Waals surface area contributed by atoms with Crippen molar-refractivity contribution in [3.63, 3.8) is 0 Å². The molecular weight excluding hydrogens is 502 g/mol. The number of fused-ring (bicyclic) bond motifs is 5. The number of hydrogen-bond donors (Lipinski definition) is 4. The van der Waals surface area contributed by atoms with Crippen molar-refractivity contribution >= 4 is 23.4 Å². The van der Waals surface area contributed by atoms with E-state index < -0.39 is 76.3 Å². The zero-order chi connectivity index (χ0) is 28.7. The molecule has 0 spiro atoms. The summed E-state index contributed by atoms with van der Waals surface area (Å²) in [6.45, 7) is 7.98. The van der Waals surface area contributed by atoms with Crippen LogP contribution in [-0.4, -0.2) is 69.6 Å². The van der Waals surface area contributed by atoms with Crippen LogP contribution in [0.5, 0.6) is 0 Å². The van der Waals surface area contributed by atoms with Crippen molar-refractivity contribution in [2.45, 2.75) is 63.9 Å². The Labute approximate surface area is 227 Å². The highest BCUT2D eigenvalue weighted by atomic mass is 16.6. The van der Waals surface area contributed by atoms with Crippen molar-refractivity contribution in [2.75, 3.05) is 19.0 Å². The molecule has 9 heteroatoms. The van der Waals surface area contributed by atoms with Gasteiger partial charge in [0.05, 0.1) is 17.8 Å². The van der Waals surface area contributed by atoms with Crippen LogP contribution in [-0.2, 0) is 19.1 Å². The third-order valence-electron chi connectivity index (χ3n) is 9.92. The average Bonchev–Trinajstić information content (AvgIpc) is 3.31. The van der Waals surface area contributed by atoms with Crippen molar-refractivity contribution in [1.82, 2.24) is 0 Å². The summed E-state index contributed by atoms with van der Waals surface area (Å²) in [4.78, 5) is 39.4. The maximum Gasteiger partial charge on any atom is 0.340 e. The Morgan fingerprint density at radius 2 is 1.82 bits per heavy atom. The molecular formula is C30H37NO8. The molecule has 1 aromatic rings. The van der Waals surface area contributed by atoms with Gasteiger partial charge in [0.2, 0.25) is 0 Å². The number of carbonyl (C=O) groups excluding carboxylic acids is 3. The average molecular weight is 540 g/mol. The Hall–Kier alpha value is -3.01. The SMILES string of the molecule is CNc1ccccc1C(=O)O[C@@H]1[C@@H](C)[C@@]2(O)[C@@H](C=C(CO)C[C@]3(O)C(=O)C(C)=C[C@@H]23)[C@H]2C(C)(C)[C@]12OC(C)=O. The van der Waals surface area contributed by atoms with Gasteiger partial charge in [-0.25, -0.2) is 4.79 Å². The standard InChI is InChI=1S/C30H37NO8/c1-15-11-22-28(36,24(15)34)13-18(14-32)12-20-23-27(4,5)30(23,39-17(3)33)25(16(2)29(20,22)37)38-26(35)19-9-7-8-10-21(19)31-6/h7-12,16,20,22-23,25,31-32,36-37H,13-14H2,1-6H3/t16-,20+,22-,23+,25-,28-,29-,30-/m1/s1. The van der Waals surface area contributed by atoms with Crippen LogP contribution in [0.2, 0.25) is 0 Å². The first-order valence-electron chi connectivity index (χ1n) is 13.4. The fourth-order valence-corrected chi connectivity index (χ4v) is 8.12. The lowest BCUT2D eigenvalue weighted by molar-refractivity contribution is -0.219. The lowest BCUT2D eigenvalue weighted by Gasteiger charge is -2.53. The van der Waals surface area contributed by atoms with Gasteiger partial charge in [-0.2, -0.15) is 0 Å². The second kappa shape index (κ2) is 8.74. The summed E-state index contributed by atoms with van der Waals surface area (Å²) in [5.41, 5.74) is -4.19. The summed E-state index contributed by atoms with van der Waals surface area (Å²) in [5.74, 6) is -4.86. The number of ether oxygens (including phenoxy) is 2. The lowest BCUT2D eigenvalue weighted by atomic mass is 9.59. The number of nitrogens with one attached hydrogen (secondary N) is 1. The number of carbonyl (C=O) groups is 3. The van der Waals surface area contributed by atoms with Crippen LogP contribution in [0.15, 0.2) is 47.6 Å².